The smallest absolute Gasteiger partial charge is 0.309 e. The molecular formula is C17H25FN2O3. The van der Waals surface area contributed by atoms with Gasteiger partial charge in [0.05, 0.1) is 25.6 Å². The summed E-state index contributed by atoms with van der Waals surface area (Å²) in [5, 5.41) is 2.88. The molecule has 0 unspecified atom stereocenters. The summed E-state index contributed by atoms with van der Waals surface area (Å²) in [7, 11) is 1.35. The molecule has 1 rings (SSSR count). The molecule has 1 aromatic carbocycles. The van der Waals surface area contributed by atoms with Crippen molar-refractivity contribution >= 4 is 11.9 Å². The van der Waals surface area contributed by atoms with Gasteiger partial charge in [0.1, 0.15) is 5.82 Å². The van der Waals surface area contributed by atoms with E-state index < -0.39 is 0 Å². The highest BCUT2D eigenvalue weighted by Gasteiger charge is 2.19. The molecule has 0 aliphatic carbocycles. The number of carbonyl (C=O) groups is 2. The molecule has 0 saturated heterocycles. The highest BCUT2D eigenvalue weighted by molar-refractivity contribution is 5.78. The Bertz CT molecular complexity index is 519. The van der Waals surface area contributed by atoms with Crippen LogP contribution >= 0.6 is 0 Å². The monoisotopic (exact) mass is 324 g/mol. The Morgan fingerprint density at radius 1 is 1.26 bits per heavy atom. The average Bonchev–Trinajstić information content (AvgIpc) is 2.53. The summed E-state index contributed by atoms with van der Waals surface area (Å²) in [6.07, 6.45) is 0. The van der Waals surface area contributed by atoms with Gasteiger partial charge in [0.25, 0.3) is 0 Å². The maximum absolute atomic E-state index is 12.9. The van der Waals surface area contributed by atoms with E-state index in [4.69, 9.17) is 4.74 Å². The zero-order valence-corrected chi connectivity index (χ0v) is 14.1. The third-order valence-corrected chi connectivity index (χ3v) is 3.70. The van der Waals surface area contributed by atoms with E-state index >= 15 is 0 Å². The molecule has 1 N–H and O–H groups in total. The van der Waals surface area contributed by atoms with Gasteiger partial charge in [-0.2, -0.15) is 0 Å². The van der Waals surface area contributed by atoms with Gasteiger partial charge >= 0.3 is 5.97 Å². The van der Waals surface area contributed by atoms with E-state index in [0.29, 0.717) is 13.1 Å². The van der Waals surface area contributed by atoms with Crippen molar-refractivity contribution in [3.8, 4) is 0 Å². The van der Waals surface area contributed by atoms with E-state index in [2.05, 4.69) is 5.32 Å². The lowest BCUT2D eigenvalue weighted by molar-refractivity contribution is -0.145. The number of halogens is 1. The lowest BCUT2D eigenvalue weighted by Gasteiger charge is -2.23. The second-order valence-corrected chi connectivity index (χ2v) is 5.59. The first-order valence-corrected chi connectivity index (χ1v) is 7.72. The van der Waals surface area contributed by atoms with Crippen LogP contribution in [-0.4, -0.2) is 43.5 Å². The van der Waals surface area contributed by atoms with E-state index in [1.807, 2.05) is 18.7 Å². The maximum Gasteiger partial charge on any atom is 0.309 e. The van der Waals surface area contributed by atoms with Crippen molar-refractivity contribution in [2.24, 2.45) is 5.92 Å². The molecule has 23 heavy (non-hydrogen) atoms. The summed E-state index contributed by atoms with van der Waals surface area (Å²) in [5.74, 6) is -1.02. The van der Waals surface area contributed by atoms with Gasteiger partial charge in [-0.05, 0) is 31.2 Å². The van der Waals surface area contributed by atoms with E-state index in [9.17, 15) is 14.0 Å². The minimum Gasteiger partial charge on any atom is -0.469 e. The highest BCUT2D eigenvalue weighted by Crippen LogP contribution is 2.12. The van der Waals surface area contributed by atoms with Crippen molar-refractivity contribution < 1.29 is 18.7 Å². The Balaban J connectivity index is 2.52. The fourth-order valence-electron chi connectivity index (χ4n) is 2.29. The Kier molecular flexibility index (Phi) is 7.68. The van der Waals surface area contributed by atoms with Gasteiger partial charge in [-0.25, -0.2) is 4.39 Å². The molecule has 1 amide bonds. The van der Waals surface area contributed by atoms with Crippen molar-refractivity contribution in [2.75, 3.05) is 26.7 Å². The van der Waals surface area contributed by atoms with Gasteiger partial charge in [-0.1, -0.05) is 26.0 Å². The van der Waals surface area contributed by atoms with E-state index in [1.165, 1.54) is 19.2 Å². The van der Waals surface area contributed by atoms with E-state index in [0.717, 1.165) is 5.56 Å². The van der Waals surface area contributed by atoms with Gasteiger partial charge in [-0.3, -0.25) is 14.5 Å². The fourth-order valence-corrected chi connectivity index (χ4v) is 2.29. The zero-order valence-electron chi connectivity index (χ0n) is 14.1. The van der Waals surface area contributed by atoms with Gasteiger partial charge < -0.3 is 10.1 Å². The van der Waals surface area contributed by atoms with Gasteiger partial charge in [0, 0.05) is 6.54 Å². The van der Waals surface area contributed by atoms with Crippen LogP contribution in [0.15, 0.2) is 24.3 Å². The average molecular weight is 324 g/mol. The molecule has 0 aromatic heterocycles. The molecule has 128 valence electrons. The molecule has 0 bridgehead atoms. The summed E-state index contributed by atoms with van der Waals surface area (Å²) < 4.78 is 17.6. The molecule has 2 atom stereocenters. The first-order chi connectivity index (χ1) is 10.9. The number of carbonyl (C=O) groups excluding carboxylic acids is 2. The number of likely N-dealkylation sites (N-methyl/N-ethyl adjacent to an activating group) is 1. The number of nitrogens with one attached hydrogen (secondary N) is 1. The minimum atomic E-state index is -0.304. The largest absolute Gasteiger partial charge is 0.469 e. The van der Waals surface area contributed by atoms with Crippen LogP contribution in [0.5, 0.6) is 0 Å². The molecule has 6 heteroatoms. The lowest BCUT2D eigenvalue weighted by atomic mass is 10.1. The minimum absolute atomic E-state index is 0.138. The molecule has 0 saturated carbocycles. The molecule has 0 heterocycles. The predicted molar refractivity (Wildman–Crippen MR) is 86.3 cm³/mol. The predicted octanol–water partition coefficient (Wildman–Crippen LogP) is 2.13. The SMILES string of the molecule is CCN(CC(=O)N[C@H](C)c1ccc(F)cc1)C[C@H](C)C(=O)OC. The van der Waals surface area contributed by atoms with Crippen LogP contribution in [0.25, 0.3) is 0 Å². The zero-order chi connectivity index (χ0) is 17.4. The van der Waals surface area contributed by atoms with Gasteiger partial charge in [0.15, 0.2) is 0 Å². The van der Waals surface area contributed by atoms with Crippen LogP contribution in [0.4, 0.5) is 4.39 Å². The third kappa shape index (κ3) is 6.36. The fraction of sp³-hybridized carbons (Fsp3) is 0.529. The number of rotatable bonds is 8. The summed E-state index contributed by atoms with van der Waals surface area (Å²) in [6.45, 7) is 6.86. The van der Waals surface area contributed by atoms with Crippen LogP contribution in [0.1, 0.15) is 32.4 Å². The van der Waals surface area contributed by atoms with Crippen LogP contribution in [0, 0.1) is 11.7 Å². The molecule has 0 aliphatic heterocycles. The summed E-state index contributed by atoms with van der Waals surface area (Å²) in [6, 6.07) is 5.83. The van der Waals surface area contributed by atoms with Crippen LogP contribution < -0.4 is 5.32 Å². The van der Waals surface area contributed by atoms with E-state index in [1.54, 1.807) is 19.1 Å². The molecule has 0 aliphatic rings. The summed E-state index contributed by atoms with van der Waals surface area (Å²) >= 11 is 0. The van der Waals surface area contributed by atoms with Gasteiger partial charge in [0.2, 0.25) is 5.91 Å². The van der Waals surface area contributed by atoms with Crippen LogP contribution in [0.3, 0.4) is 0 Å². The molecule has 0 fully saturated rings. The van der Waals surface area contributed by atoms with Crippen LogP contribution in [0.2, 0.25) is 0 Å². The first-order valence-electron chi connectivity index (χ1n) is 7.72. The topological polar surface area (TPSA) is 58.6 Å². The van der Waals surface area contributed by atoms with Crippen molar-refractivity contribution in [3.63, 3.8) is 0 Å². The number of esters is 1. The number of benzene rings is 1. The standard InChI is InChI=1S/C17H25FN2O3/c1-5-20(10-12(2)17(22)23-4)11-16(21)19-13(3)14-6-8-15(18)9-7-14/h6-9,12-13H,5,10-11H2,1-4H3,(H,19,21)/t12-,13+/m0/s1. The van der Waals surface area contributed by atoms with Gasteiger partial charge in [-0.15, -0.1) is 0 Å². The second kappa shape index (κ2) is 9.25. The number of hydrogen-bond acceptors (Lipinski definition) is 4. The Morgan fingerprint density at radius 3 is 2.39 bits per heavy atom. The molecular weight excluding hydrogens is 299 g/mol. The number of nitrogens with zero attached hydrogens (tertiary/aromatic N) is 1. The maximum atomic E-state index is 12.9. The quantitative estimate of drug-likeness (QED) is 0.744. The number of amides is 1. The Labute approximate surface area is 136 Å². The lowest BCUT2D eigenvalue weighted by Crippen LogP contribution is -2.41. The van der Waals surface area contributed by atoms with Crippen molar-refractivity contribution in [3.05, 3.63) is 35.6 Å². The van der Waals surface area contributed by atoms with Crippen LogP contribution in [-0.2, 0) is 14.3 Å². The molecule has 1 aromatic rings. The summed E-state index contributed by atoms with van der Waals surface area (Å²) in [4.78, 5) is 25.5. The Morgan fingerprint density at radius 2 is 1.87 bits per heavy atom. The third-order valence-electron chi connectivity index (χ3n) is 3.70. The second-order valence-electron chi connectivity index (χ2n) is 5.59. The van der Waals surface area contributed by atoms with Crippen molar-refractivity contribution in [2.45, 2.75) is 26.8 Å². The number of methoxy groups -OCH3 is 1. The van der Waals surface area contributed by atoms with Crippen molar-refractivity contribution in [1.82, 2.24) is 10.2 Å². The number of ether oxygens (including phenoxy) is 1. The Hall–Kier alpha value is -1.95. The summed E-state index contributed by atoms with van der Waals surface area (Å²) in [5.41, 5.74) is 0.839. The first kappa shape index (κ1) is 19.1. The number of hydrogen-bond donors (Lipinski definition) is 1. The molecule has 5 nitrogen and oxygen atoms in total. The normalized spacial score (nSPS) is 13.5. The molecule has 0 spiro atoms. The highest BCUT2D eigenvalue weighted by atomic mass is 19.1. The van der Waals surface area contributed by atoms with E-state index in [-0.39, 0.29) is 36.2 Å². The molecule has 0 radical (unpaired) electrons. The van der Waals surface area contributed by atoms with Crippen molar-refractivity contribution in [1.29, 1.82) is 0 Å².